The van der Waals surface area contributed by atoms with Gasteiger partial charge in [-0.15, -0.1) is 0 Å². The van der Waals surface area contributed by atoms with Crippen LogP contribution in [0.5, 0.6) is 34.5 Å². The minimum absolute atomic E-state index is 0.0624. The molecule has 9 rings (SSSR count). The molecule has 18 nitrogen and oxygen atoms in total. The van der Waals surface area contributed by atoms with Gasteiger partial charge in [0.25, 0.3) is 30.4 Å². The quantitative estimate of drug-likeness (QED) is 0.0660. The molecule has 0 amide bonds. The number of ketones is 3. The molecule has 21 heteroatoms. The molecule has 3 aromatic rings. The highest BCUT2D eigenvalue weighted by atomic mass is 32.2. The van der Waals surface area contributed by atoms with Crippen molar-refractivity contribution in [2.24, 2.45) is 50.2 Å². The molecule has 3 aromatic carbocycles. The first-order valence-electron chi connectivity index (χ1n) is 28.8. The van der Waals surface area contributed by atoms with Gasteiger partial charge in [0.05, 0.1) is 74.2 Å². The van der Waals surface area contributed by atoms with E-state index in [0.29, 0.717) is 109 Å². The number of fused-ring (bicyclic) bond motifs is 6. The van der Waals surface area contributed by atoms with Gasteiger partial charge in [-0.3, -0.25) is 28.0 Å². The molecule has 6 aliphatic rings. The van der Waals surface area contributed by atoms with E-state index in [0.717, 1.165) is 36.8 Å². The van der Waals surface area contributed by atoms with Crippen molar-refractivity contribution in [1.82, 2.24) is 0 Å². The molecule has 6 bridgehead atoms. The van der Waals surface area contributed by atoms with Gasteiger partial charge in [0.1, 0.15) is 34.5 Å². The Kier molecular flexibility index (Phi) is 19.4. The summed E-state index contributed by atoms with van der Waals surface area (Å²) in [5.74, 6) is 1.61. The second-order valence-electron chi connectivity index (χ2n) is 24.7. The zero-order valence-corrected chi connectivity index (χ0v) is 52.9. The number of carbonyl (C=O) groups is 3. The van der Waals surface area contributed by atoms with Gasteiger partial charge in [0.2, 0.25) is 0 Å². The highest BCUT2D eigenvalue weighted by Gasteiger charge is 2.70. The van der Waals surface area contributed by atoms with E-state index in [-0.39, 0.29) is 35.1 Å². The Morgan fingerprint density at radius 2 is 0.774 bits per heavy atom. The first-order valence-corrected chi connectivity index (χ1v) is 33.7. The van der Waals surface area contributed by atoms with Crippen LogP contribution in [0.1, 0.15) is 137 Å². The number of carbonyl (C=O) groups excluding carboxylic acids is 3. The maximum Gasteiger partial charge on any atom is 0.265 e. The van der Waals surface area contributed by atoms with Crippen molar-refractivity contribution >= 4 is 65.9 Å². The van der Waals surface area contributed by atoms with Crippen LogP contribution in [0.3, 0.4) is 0 Å². The fourth-order valence-electron chi connectivity index (χ4n) is 14.7. The van der Waals surface area contributed by atoms with Crippen LogP contribution < -0.4 is 28.4 Å². The number of hydrogen-bond donors (Lipinski definition) is 3. The van der Waals surface area contributed by atoms with Crippen LogP contribution in [0.15, 0.2) is 71.3 Å². The largest absolute Gasteiger partial charge is 0.497 e. The smallest absolute Gasteiger partial charge is 0.265 e. The number of benzene rings is 3. The summed E-state index contributed by atoms with van der Waals surface area (Å²) in [6.07, 6.45) is 10.7. The summed E-state index contributed by atoms with van der Waals surface area (Å²) < 4.78 is 132. The van der Waals surface area contributed by atoms with E-state index in [9.17, 15) is 53.3 Å². The van der Waals surface area contributed by atoms with Crippen LogP contribution in [0.25, 0.3) is 18.2 Å². The molecular formula is C63H84O18S3. The monoisotopic (exact) mass is 1220 g/mol. The van der Waals surface area contributed by atoms with E-state index in [2.05, 4.69) is 0 Å². The third-order valence-corrected chi connectivity index (χ3v) is 21.8. The van der Waals surface area contributed by atoms with Crippen LogP contribution in [0.4, 0.5) is 0 Å². The van der Waals surface area contributed by atoms with Crippen LogP contribution >= 0.6 is 0 Å². The third kappa shape index (κ3) is 12.5. The van der Waals surface area contributed by atoms with Gasteiger partial charge in [0.15, 0.2) is 17.3 Å². The van der Waals surface area contributed by atoms with E-state index in [4.69, 9.17) is 28.4 Å². The van der Waals surface area contributed by atoms with Crippen molar-refractivity contribution in [3.05, 3.63) is 88.0 Å². The van der Waals surface area contributed by atoms with Gasteiger partial charge in [-0.05, 0) is 172 Å². The molecule has 0 aromatic heterocycles. The maximum atomic E-state index is 13.5. The van der Waals surface area contributed by atoms with Crippen molar-refractivity contribution in [2.75, 3.05) is 57.9 Å². The van der Waals surface area contributed by atoms with Gasteiger partial charge < -0.3 is 28.4 Å². The Morgan fingerprint density at radius 1 is 0.452 bits per heavy atom. The number of methoxy groups -OCH3 is 2. The van der Waals surface area contributed by atoms with Crippen molar-refractivity contribution in [3.8, 4) is 34.5 Å². The Hall–Kier alpha value is -5.58. The third-order valence-electron chi connectivity index (χ3n) is 19.3. The van der Waals surface area contributed by atoms with Crippen LogP contribution in [-0.2, 0) is 44.7 Å². The number of allylic oxidation sites excluding steroid dienone is 3. The normalized spacial score (nSPS) is 27.4. The molecule has 0 radical (unpaired) electrons. The SMILES string of the molecule is CCCOc1ccc(OCCC)c(C=C2C(=O)C3(CS(=O)(=O)O)CCC2C3(C)C)c1.CCOc1ccc(OCC)c(C=C2C(=O)C3(CS(=O)(=O)O)CCC2C3(C)C)c1.COc1ccc(OC)c(C=C2C(=O)C3(CS(=O)(=O)O)CCC2C3(C)C)c1. The molecule has 0 heterocycles. The molecule has 3 N–H and O–H groups in total. The van der Waals surface area contributed by atoms with E-state index in [1.165, 1.54) is 0 Å². The standard InChI is InChI=1S/C23H32O6S.C21H28O6S.C19H24O6S/c1-5-11-28-17-7-8-20(29-12-6-2)16(13-17)14-18-19-9-10-23(21(18)24,22(19,3)4)15-30(25,26)27;1-5-26-15-7-8-18(27-6-2)14(11-15)12-16-17-9-10-21(19(16)22,20(17,3)4)13-28(23,24)25;1-18(2)15-7-8-19(18,11-26(21,22)23)17(20)14(15)10-12-9-13(24-3)5-6-16(12)25-4/h7-8,13-14,19H,5-6,9-12,15H2,1-4H3,(H,25,26,27);7-8,11-12,17H,5-6,9-10,13H2,1-4H3,(H,23,24,25);5-6,9-10,15H,7-8,11H2,1-4H3,(H,21,22,23). The van der Waals surface area contributed by atoms with Crippen molar-refractivity contribution in [3.63, 3.8) is 0 Å². The molecule has 6 fully saturated rings. The summed E-state index contributed by atoms with van der Waals surface area (Å²) in [7, 11) is -9.71. The lowest BCUT2D eigenvalue weighted by Crippen LogP contribution is -2.42. The molecule has 0 spiro atoms. The number of ether oxygens (including phenoxy) is 6. The molecule has 0 saturated heterocycles. The highest BCUT2D eigenvalue weighted by Crippen LogP contribution is 2.69. The van der Waals surface area contributed by atoms with Crippen molar-refractivity contribution in [2.45, 2.75) is 121 Å². The fraction of sp³-hybridized carbons (Fsp3) is 0.571. The van der Waals surface area contributed by atoms with Gasteiger partial charge in [-0.25, -0.2) is 0 Å². The zero-order valence-electron chi connectivity index (χ0n) is 50.5. The Bertz CT molecular complexity index is 3460. The lowest BCUT2D eigenvalue weighted by Gasteiger charge is -2.34. The number of hydrogen-bond acceptors (Lipinski definition) is 15. The fourth-order valence-corrected chi connectivity index (χ4v) is 18.5. The van der Waals surface area contributed by atoms with Gasteiger partial charge in [0, 0.05) is 33.4 Å². The van der Waals surface area contributed by atoms with Gasteiger partial charge in [-0.1, -0.05) is 55.4 Å². The summed E-state index contributed by atoms with van der Waals surface area (Å²) in [4.78, 5) is 40.0. The van der Waals surface area contributed by atoms with Gasteiger partial charge in [-0.2, -0.15) is 25.3 Å². The molecule has 462 valence electrons. The average molecular weight is 1230 g/mol. The first kappa shape index (κ1) is 66.0. The summed E-state index contributed by atoms with van der Waals surface area (Å²) in [6.45, 7) is 21.6. The molecule has 0 aliphatic heterocycles. The van der Waals surface area contributed by atoms with E-state index >= 15 is 0 Å². The number of rotatable bonds is 21. The molecule has 6 saturated carbocycles. The molecular weight excluding hydrogens is 1140 g/mol. The molecule has 6 atom stereocenters. The van der Waals surface area contributed by atoms with Crippen LogP contribution in [0, 0.1) is 50.2 Å². The summed E-state index contributed by atoms with van der Waals surface area (Å²) in [5.41, 5.74) is -0.872. The lowest BCUT2D eigenvalue weighted by molar-refractivity contribution is -0.125. The summed E-state index contributed by atoms with van der Waals surface area (Å²) in [6, 6.07) is 16.4. The van der Waals surface area contributed by atoms with Crippen LogP contribution in [0.2, 0.25) is 0 Å². The second kappa shape index (κ2) is 24.7. The summed E-state index contributed by atoms with van der Waals surface area (Å²) >= 11 is 0. The van der Waals surface area contributed by atoms with E-state index < -0.39 is 80.1 Å². The molecule has 6 aliphatic carbocycles. The first-order chi connectivity index (χ1) is 39.2. The second-order valence-corrected chi connectivity index (χ2v) is 29.1. The van der Waals surface area contributed by atoms with Crippen molar-refractivity contribution in [1.29, 1.82) is 0 Å². The average Bonchev–Trinajstić information content (AvgIpc) is 1.75. The zero-order chi connectivity index (χ0) is 62.2. The molecule has 6 unspecified atom stereocenters. The Labute approximate surface area is 496 Å². The predicted octanol–water partition coefficient (Wildman–Crippen LogP) is 11.3. The van der Waals surface area contributed by atoms with E-state index in [1.54, 1.807) is 38.5 Å². The minimum Gasteiger partial charge on any atom is -0.497 e. The summed E-state index contributed by atoms with van der Waals surface area (Å²) in [5, 5.41) is 0. The topological polar surface area (TPSA) is 270 Å². The maximum absolute atomic E-state index is 13.5. The van der Waals surface area contributed by atoms with E-state index in [1.807, 2.05) is 118 Å². The minimum atomic E-state index is -4.28. The Balaban J connectivity index is 0.000000181. The predicted molar refractivity (Wildman–Crippen MR) is 321 cm³/mol. The van der Waals surface area contributed by atoms with Crippen molar-refractivity contribution < 1.29 is 81.7 Å². The Morgan fingerprint density at radius 3 is 1.12 bits per heavy atom. The highest BCUT2D eigenvalue weighted by molar-refractivity contribution is 7.86. The number of Topliss-reactive ketones (excluding diaryl/α,β-unsaturated/α-hetero) is 3. The lowest BCUT2D eigenvalue weighted by atomic mass is 9.70. The molecule has 84 heavy (non-hydrogen) atoms. The van der Waals surface area contributed by atoms with Crippen LogP contribution in [-0.4, -0.2) is 114 Å². The van der Waals surface area contributed by atoms with Gasteiger partial charge >= 0.3 is 0 Å².